The van der Waals surface area contributed by atoms with Crippen LogP contribution < -0.4 is 5.69 Å². The molecular weight excluding hydrogens is 498 g/mol. The lowest BCUT2D eigenvalue weighted by Gasteiger charge is -2.35. The molecule has 204 valence electrons. The third-order valence-corrected chi connectivity index (χ3v) is 7.78. The number of carbonyl (C=O) groups excluding carboxylic acids is 1. The average molecular weight is 532 g/mol. The Labute approximate surface area is 225 Å². The van der Waals surface area contributed by atoms with Crippen LogP contribution >= 0.6 is 0 Å². The molecule has 2 aliphatic rings. The predicted octanol–water partition coefficient (Wildman–Crippen LogP) is 4.44. The molecule has 1 amide bonds. The number of fused-ring (bicyclic) bond motifs is 2. The first kappa shape index (κ1) is 25.5. The quantitative estimate of drug-likeness (QED) is 0.325. The number of aromatic amines is 1. The van der Waals surface area contributed by atoms with Crippen molar-refractivity contribution < 1.29 is 23.8 Å². The van der Waals surface area contributed by atoms with E-state index in [0.29, 0.717) is 51.8 Å². The normalized spacial score (nSPS) is 20.3. The zero-order valence-electron chi connectivity index (χ0n) is 21.8. The maximum atomic E-state index is 13.7. The van der Waals surface area contributed by atoms with Gasteiger partial charge in [0.15, 0.2) is 5.76 Å². The van der Waals surface area contributed by atoms with Gasteiger partial charge in [0.2, 0.25) is 6.29 Å². The van der Waals surface area contributed by atoms with Gasteiger partial charge >= 0.3 is 5.69 Å². The molecule has 9 heteroatoms. The molecule has 0 spiro atoms. The molecule has 0 saturated carbocycles. The minimum atomic E-state index is -0.575. The summed E-state index contributed by atoms with van der Waals surface area (Å²) in [4.78, 5) is 31.1. The van der Waals surface area contributed by atoms with E-state index in [9.17, 15) is 9.59 Å². The first-order chi connectivity index (χ1) is 19.1. The van der Waals surface area contributed by atoms with E-state index in [-0.39, 0.29) is 35.9 Å². The molecule has 4 heterocycles. The topological polar surface area (TPSA) is 110 Å². The number of benzene rings is 2. The highest BCUT2D eigenvalue weighted by atomic mass is 16.7. The number of carbonyl (C=O) groups is 1. The van der Waals surface area contributed by atoms with Crippen LogP contribution in [0.3, 0.4) is 0 Å². The fourth-order valence-electron chi connectivity index (χ4n) is 5.76. The Morgan fingerprint density at radius 3 is 2.72 bits per heavy atom. The molecule has 0 aliphatic carbocycles. The molecule has 6 rings (SSSR count). The number of hydrogen-bond donors (Lipinski definition) is 2. The minimum absolute atomic E-state index is 0.0200. The van der Waals surface area contributed by atoms with Crippen LogP contribution in [-0.2, 0) is 14.3 Å². The van der Waals surface area contributed by atoms with Crippen molar-refractivity contribution in [3.63, 3.8) is 0 Å². The molecule has 2 aromatic heterocycles. The third-order valence-electron chi connectivity index (χ3n) is 7.78. The van der Waals surface area contributed by atoms with Crippen LogP contribution in [-0.4, -0.2) is 58.1 Å². The van der Waals surface area contributed by atoms with E-state index in [0.717, 1.165) is 27.6 Å². The second kappa shape index (κ2) is 11.1. The van der Waals surface area contributed by atoms with Crippen LogP contribution in [0.5, 0.6) is 0 Å². The molecule has 2 aromatic carbocycles. The molecule has 39 heavy (non-hydrogen) atoms. The summed E-state index contributed by atoms with van der Waals surface area (Å²) in [5.41, 5.74) is 3.40. The van der Waals surface area contributed by atoms with Gasteiger partial charge < -0.3 is 28.9 Å². The van der Waals surface area contributed by atoms with Crippen molar-refractivity contribution in [2.75, 3.05) is 26.3 Å². The number of rotatable bonds is 8. The summed E-state index contributed by atoms with van der Waals surface area (Å²) in [7, 11) is 0. The van der Waals surface area contributed by atoms with Gasteiger partial charge in [-0.2, -0.15) is 0 Å². The van der Waals surface area contributed by atoms with E-state index in [1.165, 1.54) is 0 Å². The summed E-state index contributed by atoms with van der Waals surface area (Å²) in [5.74, 6) is 0.0131. The summed E-state index contributed by atoms with van der Waals surface area (Å²) < 4.78 is 19.7. The first-order valence-electron chi connectivity index (χ1n) is 13.7. The Bertz CT molecular complexity index is 1540. The van der Waals surface area contributed by atoms with Crippen molar-refractivity contribution in [3.8, 4) is 0 Å². The molecule has 9 nitrogen and oxygen atoms in total. The van der Waals surface area contributed by atoms with Gasteiger partial charge in [-0.05, 0) is 50.0 Å². The highest BCUT2D eigenvalue weighted by Crippen LogP contribution is 2.37. The fraction of sp³-hybridized carbons (Fsp3) is 0.400. The Morgan fingerprint density at radius 2 is 1.87 bits per heavy atom. The number of hydrogen-bond acceptors (Lipinski definition) is 6. The minimum Gasteiger partial charge on any atom is -0.464 e. The summed E-state index contributed by atoms with van der Waals surface area (Å²) >= 11 is 0. The lowest BCUT2D eigenvalue weighted by Crippen LogP contribution is -2.42. The number of furan rings is 1. The number of aliphatic hydroxyl groups is 1. The zero-order valence-corrected chi connectivity index (χ0v) is 21.8. The number of ether oxygens (including phenoxy) is 2. The molecule has 1 fully saturated rings. The van der Waals surface area contributed by atoms with Gasteiger partial charge in [-0.3, -0.25) is 9.36 Å². The van der Waals surface area contributed by atoms with Crippen LogP contribution in [0.15, 0.2) is 75.8 Å². The molecule has 0 unspecified atom stereocenters. The van der Waals surface area contributed by atoms with Gasteiger partial charge in [0.25, 0.3) is 5.91 Å². The van der Waals surface area contributed by atoms with Crippen molar-refractivity contribution in [2.24, 2.45) is 0 Å². The number of H-pyrrole nitrogens is 1. The number of aliphatic hydroxyl groups excluding tert-OH is 1. The summed E-state index contributed by atoms with van der Waals surface area (Å²) in [6.07, 6.45) is 6.35. The van der Waals surface area contributed by atoms with Crippen LogP contribution in [0, 0.1) is 0 Å². The molecule has 0 radical (unpaired) electrons. The molecular formula is C30H33N3O6. The third kappa shape index (κ3) is 5.12. The van der Waals surface area contributed by atoms with Crippen molar-refractivity contribution in [3.05, 3.63) is 82.7 Å². The van der Waals surface area contributed by atoms with E-state index < -0.39 is 6.29 Å². The van der Waals surface area contributed by atoms with Crippen molar-refractivity contribution in [1.29, 1.82) is 0 Å². The van der Waals surface area contributed by atoms with E-state index in [2.05, 4.69) is 4.98 Å². The average Bonchev–Trinajstić information content (AvgIpc) is 3.55. The number of allylic oxidation sites excluding steroid dienone is 1. The molecule has 2 N–H and O–H groups in total. The van der Waals surface area contributed by atoms with Crippen molar-refractivity contribution in [1.82, 2.24) is 14.5 Å². The van der Waals surface area contributed by atoms with Gasteiger partial charge in [-0.15, -0.1) is 0 Å². The molecule has 2 aliphatic heterocycles. The maximum absolute atomic E-state index is 13.7. The number of nitrogens with zero attached hydrogens (tertiary/aromatic N) is 2. The molecule has 4 aromatic rings. The fourth-order valence-corrected chi connectivity index (χ4v) is 5.76. The maximum Gasteiger partial charge on any atom is 0.326 e. The monoisotopic (exact) mass is 531 g/mol. The number of unbranched alkanes of at least 4 members (excludes halogenated alkanes) is 1. The standard InChI is InChI=1S/C30H33N3O6/c34-15-5-6-16-37-28-18-20(23-19-38-26-10-4-1-7-22(23)26)17-27(39-28)29(35)32-13-11-21(12-14-32)33-25-9-3-2-8-24(25)31-30(33)36/h1-4,7-10,17,19-21,28,34H,5-6,11-16,18H2,(H,31,36)/t20-,28+/m1/s1. The summed E-state index contributed by atoms with van der Waals surface area (Å²) in [6, 6.07) is 15.6. The van der Waals surface area contributed by atoms with Crippen molar-refractivity contribution in [2.45, 2.75) is 50.4 Å². The zero-order chi connectivity index (χ0) is 26.8. The number of amides is 1. The Balaban J connectivity index is 1.20. The van der Waals surface area contributed by atoms with Gasteiger partial charge in [-0.25, -0.2) is 4.79 Å². The smallest absolute Gasteiger partial charge is 0.326 e. The number of piperidine rings is 1. The predicted molar refractivity (Wildman–Crippen MR) is 146 cm³/mol. The first-order valence-corrected chi connectivity index (χ1v) is 13.7. The Morgan fingerprint density at radius 1 is 1.08 bits per heavy atom. The lowest BCUT2D eigenvalue weighted by molar-refractivity contribution is -0.153. The van der Waals surface area contributed by atoms with Crippen LogP contribution in [0.25, 0.3) is 22.0 Å². The Kier molecular flexibility index (Phi) is 7.26. The number of aromatic nitrogens is 2. The van der Waals surface area contributed by atoms with Crippen LogP contribution in [0.4, 0.5) is 0 Å². The van der Waals surface area contributed by atoms with E-state index in [4.69, 9.17) is 19.0 Å². The molecule has 1 saturated heterocycles. The highest BCUT2D eigenvalue weighted by Gasteiger charge is 2.34. The van der Waals surface area contributed by atoms with E-state index >= 15 is 0 Å². The number of para-hydroxylation sites is 3. The van der Waals surface area contributed by atoms with Crippen LogP contribution in [0.1, 0.15) is 49.6 Å². The molecule has 0 bridgehead atoms. The van der Waals surface area contributed by atoms with Gasteiger partial charge in [0.1, 0.15) is 5.58 Å². The number of imidazole rings is 1. The van der Waals surface area contributed by atoms with Gasteiger partial charge in [0.05, 0.1) is 23.9 Å². The van der Waals surface area contributed by atoms with Gasteiger partial charge in [0, 0.05) is 49.0 Å². The van der Waals surface area contributed by atoms with Gasteiger partial charge in [-0.1, -0.05) is 30.3 Å². The lowest BCUT2D eigenvalue weighted by atomic mass is 9.92. The Hall–Kier alpha value is -3.82. The number of likely N-dealkylation sites (tertiary alicyclic amines) is 1. The van der Waals surface area contributed by atoms with Crippen molar-refractivity contribution >= 4 is 27.9 Å². The highest BCUT2D eigenvalue weighted by molar-refractivity contribution is 5.92. The van der Waals surface area contributed by atoms with Crippen LogP contribution in [0.2, 0.25) is 0 Å². The summed E-state index contributed by atoms with van der Waals surface area (Å²) in [5, 5.41) is 10.1. The largest absolute Gasteiger partial charge is 0.464 e. The van der Waals surface area contributed by atoms with E-state index in [1.807, 2.05) is 59.2 Å². The summed E-state index contributed by atoms with van der Waals surface area (Å²) in [6.45, 7) is 1.61. The molecule has 2 atom stereocenters. The second-order valence-electron chi connectivity index (χ2n) is 10.2. The van der Waals surface area contributed by atoms with E-state index in [1.54, 1.807) is 11.2 Å². The SMILES string of the molecule is O=C(C1=C[C@@H](c2coc3ccccc23)C[C@@H](OCCCCO)O1)N1CCC(n2c(=O)[nH]c3ccccc32)CC1. The number of nitrogens with one attached hydrogen (secondary N) is 1. The second-order valence-corrected chi connectivity index (χ2v) is 10.2.